The Morgan fingerprint density at radius 1 is 1.15 bits per heavy atom. The lowest BCUT2D eigenvalue weighted by Crippen LogP contribution is -2.50. The molecule has 1 saturated heterocycles. The first-order valence-electron chi connectivity index (χ1n) is 8.15. The first-order valence-corrected chi connectivity index (χ1v) is 8.15. The van der Waals surface area contributed by atoms with Crippen LogP contribution in [-0.2, 0) is 4.79 Å². The molecule has 0 radical (unpaired) electrons. The van der Waals surface area contributed by atoms with Crippen LogP contribution in [0.15, 0.2) is 0 Å². The van der Waals surface area contributed by atoms with E-state index in [9.17, 15) is 4.79 Å². The molecular weight excluding hydrogens is 250 g/mol. The largest absolute Gasteiger partial charge is 0.353 e. The molecular formula is C16H33N3O. The first kappa shape index (κ1) is 17.4. The molecule has 0 bridgehead atoms. The molecule has 4 nitrogen and oxygen atoms in total. The van der Waals surface area contributed by atoms with E-state index in [1.807, 2.05) is 20.8 Å². The van der Waals surface area contributed by atoms with Crippen molar-refractivity contribution < 1.29 is 4.79 Å². The predicted molar refractivity (Wildman–Crippen MR) is 84.7 cm³/mol. The first-order chi connectivity index (χ1) is 9.40. The zero-order valence-electron chi connectivity index (χ0n) is 13.9. The van der Waals surface area contributed by atoms with Crippen LogP contribution in [0.25, 0.3) is 0 Å². The average Bonchev–Trinajstić information content (AvgIpc) is 2.37. The van der Waals surface area contributed by atoms with Crippen LogP contribution >= 0.6 is 0 Å². The molecule has 2 N–H and O–H groups in total. The summed E-state index contributed by atoms with van der Waals surface area (Å²) in [4.78, 5) is 14.3. The van der Waals surface area contributed by atoms with Crippen LogP contribution < -0.4 is 10.6 Å². The van der Waals surface area contributed by atoms with Gasteiger partial charge in [0.25, 0.3) is 0 Å². The van der Waals surface area contributed by atoms with E-state index in [1.165, 1.54) is 12.8 Å². The van der Waals surface area contributed by atoms with Crippen LogP contribution in [0, 0.1) is 11.8 Å². The lowest BCUT2D eigenvalue weighted by Gasteiger charge is -2.35. The summed E-state index contributed by atoms with van der Waals surface area (Å²) in [6.07, 6.45) is 2.40. The van der Waals surface area contributed by atoms with Crippen molar-refractivity contribution in [2.75, 3.05) is 26.2 Å². The SMILES string of the molecule is CC(C)CNCC1CCN(C(C)C(=O)NC(C)C)CC1. The van der Waals surface area contributed by atoms with E-state index in [2.05, 4.69) is 29.4 Å². The fourth-order valence-electron chi connectivity index (χ4n) is 2.69. The molecule has 0 aromatic rings. The van der Waals surface area contributed by atoms with Crippen molar-refractivity contribution in [1.82, 2.24) is 15.5 Å². The molecule has 4 heteroatoms. The molecule has 1 unspecified atom stereocenters. The Labute approximate surface area is 124 Å². The van der Waals surface area contributed by atoms with Crippen LogP contribution in [0.2, 0.25) is 0 Å². The number of likely N-dealkylation sites (tertiary alicyclic amines) is 1. The Kier molecular flexibility index (Phi) is 7.52. The van der Waals surface area contributed by atoms with Crippen molar-refractivity contribution in [3.05, 3.63) is 0 Å². The summed E-state index contributed by atoms with van der Waals surface area (Å²) < 4.78 is 0. The van der Waals surface area contributed by atoms with Gasteiger partial charge in [-0.25, -0.2) is 0 Å². The number of rotatable bonds is 7. The second kappa shape index (κ2) is 8.63. The van der Waals surface area contributed by atoms with Crippen molar-refractivity contribution in [2.45, 2.75) is 59.5 Å². The summed E-state index contributed by atoms with van der Waals surface area (Å²) in [6, 6.07) is 0.227. The maximum Gasteiger partial charge on any atom is 0.237 e. The molecule has 0 spiro atoms. The molecule has 20 heavy (non-hydrogen) atoms. The molecule has 1 aliphatic heterocycles. The minimum absolute atomic E-state index is 0.00183. The highest BCUT2D eigenvalue weighted by molar-refractivity contribution is 5.81. The van der Waals surface area contributed by atoms with Gasteiger partial charge >= 0.3 is 0 Å². The molecule has 118 valence electrons. The van der Waals surface area contributed by atoms with Crippen LogP contribution in [0.3, 0.4) is 0 Å². The van der Waals surface area contributed by atoms with Crippen molar-refractivity contribution >= 4 is 5.91 Å². The maximum atomic E-state index is 12.0. The van der Waals surface area contributed by atoms with E-state index in [0.29, 0.717) is 0 Å². The normalized spacial score (nSPS) is 19.6. The van der Waals surface area contributed by atoms with Crippen LogP contribution in [0.4, 0.5) is 0 Å². The second-order valence-electron chi connectivity index (χ2n) is 6.87. The number of piperidine rings is 1. The van der Waals surface area contributed by atoms with Gasteiger partial charge in [-0.2, -0.15) is 0 Å². The van der Waals surface area contributed by atoms with Gasteiger partial charge in [-0.1, -0.05) is 13.8 Å². The summed E-state index contributed by atoms with van der Waals surface area (Å²) in [5.41, 5.74) is 0. The standard InChI is InChI=1S/C16H33N3O/c1-12(2)10-17-11-15-6-8-19(9-7-15)14(5)16(20)18-13(3)4/h12-15,17H,6-11H2,1-5H3,(H,18,20). The number of nitrogens with zero attached hydrogens (tertiary/aromatic N) is 1. The highest BCUT2D eigenvalue weighted by Crippen LogP contribution is 2.18. The number of carbonyl (C=O) groups excluding carboxylic acids is 1. The summed E-state index contributed by atoms with van der Waals surface area (Å²) >= 11 is 0. The molecule has 0 aromatic heterocycles. The third-order valence-electron chi connectivity index (χ3n) is 3.99. The van der Waals surface area contributed by atoms with Gasteiger partial charge in [0.15, 0.2) is 0 Å². The van der Waals surface area contributed by atoms with Gasteiger partial charge in [0.2, 0.25) is 5.91 Å². The summed E-state index contributed by atoms with van der Waals surface area (Å²) in [6.45, 7) is 14.8. The Morgan fingerprint density at radius 3 is 2.25 bits per heavy atom. The van der Waals surface area contributed by atoms with Crippen molar-refractivity contribution in [3.8, 4) is 0 Å². The topological polar surface area (TPSA) is 44.4 Å². The Morgan fingerprint density at radius 2 is 1.75 bits per heavy atom. The second-order valence-corrected chi connectivity index (χ2v) is 6.87. The highest BCUT2D eigenvalue weighted by atomic mass is 16.2. The number of hydrogen-bond acceptors (Lipinski definition) is 3. The fourth-order valence-corrected chi connectivity index (χ4v) is 2.69. The Bertz CT molecular complexity index is 283. The van der Waals surface area contributed by atoms with Crippen LogP contribution in [0.5, 0.6) is 0 Å². The Hall–Kier alpha value is -0.610. The molecule has 1 rings (SSSR count). The van der Waals surface area contributed by atoms with Crippen LogP contribution in [-0.4, -0.2) is 49.1 Å². The maximum absolute atomic E-state index is 12.0. The molecule has 1 amide bonds. The highest BCUT2D eigenvalue weighted by Gasteiger charge is 2.26. The monoisotopic (exact) mass is 283 g/mol. The third kappa shape index (κ3) is 6.23. The minimum atomic E-state index is 0.00183. The third-order valence-corrected chi connectivity index (χ3v) is 3.99. The van der Waals surface area contributed by atoms with E-state index < -0.39 is 0 Å². The van der Waals surface area contributed by atoms with E-state index in [4.69, 9.17) is 0 Å². The number of carbonyl (C=O) groups is 1. The minimum Gasteiger partial charge on any atom is -0.353 e. The number of hydrogen-bond donors (Lipinski definition) is 2. The van der Waals surface area contributed by atoms with Crippen LogP contribution in [0.1, 0.15) is 47.5 Å². The summed E-state index contributed by atoms with van der Waals surface area (Å²) in [5.74, 6) is 1.65. The van der Waals surface area contributed by atoms with E-state index in [1.54, 1.807) is 0 Å². The molecule has 0 aromatic carbocycles. The lowest BCUT2D eigenvalue weighted by atomic mass is 9.95. The van der Waals surface area contributed by atoms with Gasteiger partial charge in [0.1, 0.15) is 0 Å². The lowest BCUT2D eigenvalue weighted by molar-refractivity contribution is -0.126. The molecule has 1 atom stereocenters. The Balaban J connectivity index is 2.25. The van der Waals surface area contributed by atoms with Gasteiger partial charge < -0.3 is 10.6 Å². The quantitative estimate of drug-likeness (QED) is 0.749. The van der Waals surface area contributed by atoms with Crippen molar-refractivity contribution in [3.63, 3.8) is 0 Å². The number of nitrogens with one attached hydrogen (secondary N) is 2. The average molecular weight is 283 g/mol. The molecule has 0 aliphatic carbocycles. The molecule has 1 heterocycles. The van der Waals surface area contributed by atoms with E-state index in [0.717, 1.165) is 38.0 Å². The van der Waals surface area contributed by atoms with Gasteiger partial charge in [0.05, 0.1) is 6.04 Å². The zero-order valence-corrected chi connectivity index (χ0v) is 13.9. The van der Waals surface area contributed by atoms with E-state index >= 15 is 0 Å². The van der Waals surface area contributed by atoms with E-state index in [-0.39, 0.29) is 18.0 Å². The summed E-state index contributed by atoms with van der Waals surface area (Å²) in [7, 11) is 0. The fraction of sp³-hybridized carbons (Fsp3) is 0.938. The smallest absolute Gasteiger partial charge is 0.237 e. The molecule has 1 fully saturated rings. The van der Waals surface area contributed by atoms with Gasteiger partial charge in [-0.05, 0) is 71.6 Å². The van der Waals surface area contributed by atoms with Crippen molar-refractivity contribution in [2.24, 2.45) is 11.8 Å². The van der Waals surface area contributed by atoms with Crippen molar-refractivity contribution in [1.29, 1.82) is 0 Å². The predicted octanol–water partition coefficient (Wildman–Crippen LogP) is 1.86. The summed E-state index contributed by atoms with van der Waals surface area (Å²) in [5, 5.41) is 6.55. The zero-order chi connectivity index (χ0) is 15.1. The molecule has 0 saturated carbocycles. The van der Waals surface area contributed by atoms with Gasteiger partial charge in [-0.15, -0.1) is 0 Å². The molecule has 1 aliphatic rings. The van der Waals surface area contributed by atoms with Gasteiger partial charge in [-0.3, -0.25) is 9.69 Å². The van der Waals surface area contributed by atoms with Gasteiger partial charge in [0, 0.05) is 6.04 Å². The number of amides is 1.